The van der Waals surface area contributed by atoms with Crippen molar-refractivity contribution in [1.82, 2.24) is 0 Å². The smallest absolute Gasteiger partial charge is 0.265 e. The largest absolute Gasteiger partial charge is 0.756 e. The van der Waals surface area contributed by atoms with Gasteiger partial charge in [-0.15, -0.1) is 0 Å². The first kappa shape index (κ1) is 26.8. The molecular weight excluding hydrogens is 365 g/mol. The second-order valence-electron chi connectivity index (χ2n) is 7.47. The quantitative estimate of drug-likeness (QED) is 0.172. The molecule has 0 radical (unpaired) electrons. The molecule has 3 atom stereocenters. The van der Waals surface area contributed by atoms with Crippen LogP contribution in [0.5, 0.6) is 0 Å². The third-order valence-electron chi connectivity index (χ3n) is 4.74. The molecule has 0 aliphatic carbocycles. The highest BCUT2D eigenvalue weighted by molar-refractivity contribution is 7.44. The maximum Gasteiger partial charge on any atom is 0.265 e. The molecule has 0 amide bonds. The lowest BCUT2D eigenvalue weighted by Crippen LogP contribution is -2.68. The summed E-state index contributed by atoms with van der Waals surface area (Å²) in [5.41, 5.74) is 3.63. The van der Waals surface area contributed by atoms with Crippen molar-refractivity contribution < 1.29 is 29.7 Å². The van der Waals surface area contributed by atoms with Crippen molar-refractivity contribution in [1.29, 1.82) is 0 Å². The zero-order chi connectivity index (χ0) is 20.4. The second kappa shape index (κ2) is 17.8. The van der Waals surface area contributed by atoms with E-state index >= 15 is 0 Å². The fourth-order valence-corrected chi connectivity index (χ4v) is 3.34. The molecule has 27 heavy (non-hydrogen) atoms. The lowest BCUT2D eigenvalue weighted by Gasteiger charge is -2.18. The molecule has 0 fully saturated rings. The second-order valence-corrected chi connectivity index (χ2v) is 8.67. The molecule has 7 heteroatoms. The first-order chi connectivity index (χ1) is 12.9. The summed E-state index contributed by atoms with van der Waals surface area (Å²) in [6.07, 6.45) is 20.7. The standard InChI is InChI=1S/C20H42NO5P/c1-2-3-4-5-6-7-8-9-10-11-12-13-14-15-16-17-20(22)19(21)18-26-27(23,24)25/h16-17,19-20,22H,2-15,18,21H2,1H3,(H2,23,24,25)/b17-16+/t19-,20+/m0/s1. The van der Waals surface area contributed by atoms with Gasteiger partial charge in [0.05, 0.1) is 0 Å². The zero-order valence-corrected chi connectivity index (χ0v) is 18.1. The Morgan fingerprint density at radius 3 is 1.85 bits per heavy atom. The van der Waals surface area contributed by atoms with Crippen LogP contribution in [0.3, 0.4) is 0 Å². The van der Waals surface area contributed by atoms with Crippen molar-refractivity contribution in [2.24, 2.45) is 0 Å². The minimum absolute atomic E-state index is 0.332. The van der Waals surface area contributed by atoms with E-state index in [1.54, 1.807) is 6.08 Å². The molecule has 0 saturated heterocycles. The van der Waals surface area contributed by atoms with E-state index in [0.717, 1.165) is 12.8 Å². The highest BCUT2D eigenvalue weighted by atomic mass is 31.2. The molecule has 0 aliphatic heterocycles. The van der Waals surface area contributed by atoms with E-state index in [1.165, 1.54) is 77.0 Å². The molecular formula is C20H42NO5P. The Bertz CT molecular complexity index is 400. The van der Waals surface area contributed by atoms with Gasteiger partial charge in [0.1, 0.15) is 18.8 Å². The number of aliphatic hydroxyl groups excluding tert-OH is 1. The number of allylic oxidation sites excluding steroid dienone is 1. The van der Waals surface area contributed by atoms with Gasteiger partial charge in [0.15, 0.2) is 0 Å². The Balaban J connectivity index is 3.40. The van der Waals surface area contributed by atoms with E-state index in [9.17, 15) is 14.6 Å². The maximum absolute atomic E-state index is 10.5. The number of hydrogen-bond donors (Lipinski definition) is 3. The zero-order valence-electron chi connectivity index (χ0n) is 17.2. The summed E-state index contributed by atoms with van der Waals surface area (Å²) >= 11 is 0. The van der Waals surface area contributed by atoms with Gasteiger partial charge in [-0.1, -0.05) is 96.1 Å². The Kier molecular flexibility index (Phi) is 17.7. The monoisotopic (exact) mass is 407 g/mol. The number of quaternary nitrogens is 1. The average Bonchev–Trinajstić information content (AvgIpc) is 2.62. The minimum atomic E-state index is -4.75. The molecule has 0 aliphatic rings. The van der Waals surface area contributed by atoms with Gasteiger partial charge in [0, 0.05) is 0 Å². The normalized spacial score (nSPS) is 16.5. The predicted octanol–water partition coefficient (Wildman–Crippen LogP) is 3.47. The number of aliphatic hydroxyl groups is 1. The minimum Gasteiger partial charge on any atom is -0.756 e. The van der Waals surface area contributed by atoms with Crippen LogP contribution in [0.2, 0.25) is 0 Å². The first-order valence-electron chi connectivity index (χ1n) is 10.7. The molecule has 0 spiro atoms. The van der Waals surface area contributed by atoms with Gasteiger partial charge >= 0.3 is 0 Å². The van der Waals surface area contributed by atoms with Crippen molar-refractivity contribution in [3.8, 4) is 0 Å². The lowest BCUT2D eigenvalue weighted by atomic mass is 10.0. The molecule has 5 N–H and O–H groups in total. The van der Waals surface area contributed by atoms with Crippen LogP contribution in [0.1, 0.15) is 96.8 Å². The van der Waals surface area contributed by atoms with E-state index in [-0.39, 0.29) is 6.61 Å². The summed E-state index contributed by atoms with van der Waals surface area (Å²) in [6, 6.07) is -0.637. The van der Waals surface area contributed by atoms with E-state index < -0.39 is 20.0 Å². The SMILES string of the molecule is CCCCCCCCCCCCCCC/C=C/[C@@H](O)[C@@H]([NH3+])COP(=O)([O-])O. The number of phosphoric ester groups is 1. The van der Waals surface area contributed by atoms with Crippen molar-refractivity contribution in [2.45, 2.75) is 109 Å². The van der Waals surface area contributed by atoms with Gasteiger partial charge in [-0.3, -0.25) is 4.57 Å². The summed E-state index contributed by atoms with van der Waals surface area (Å²) in [5, 5.41) is 9.82. The molecule has 0 aromatic carbocycles. The van der Waals surface area contributed by atoms with Gasteiger partial charge in [0.25, 0.3) is 7.82 Å². The third-order valence-corrected chi connectivity index (χ3v) is 5.22. The van der Waals surface area contributed by atoms with Crippen LogP contribution in [0.4, 0.5) is 0 Å². The molecule has 6 nitrogen and oxygen atoms in total. The van der Waals surface area contributed by atoms with E-state index in [1.807, 2.05) is 6.08 Å². The average molecular weight is 408 g/mol. The highest BCUT2D eigenvalue weighted by Crippen LogP contribution is 2.30. The third kappa shape index (κ3) is 20.3. The summed E-state index contributed by atoms with van der Waals surface area (Å²) in [6.45, 7) is 1.92. The Morgan fingerprint density at radius 1 is 0.963 bits per heavy atom. The Labute approximate surface area is 165 Å². The van der Waals surface area contributed by atoms with Crippen LogP contribution >= 0.6 is 7.82 Å². The summed E-state index contributed by atoms with van der Waals surface area (Å²) in [4.78, 5) is 19.0. The van der Waals surface area contributed by atoms with Gasteiger partial charge in [0.2, 0.25) is 0 Å². The van der Waals surface area contributed by atoms with Gasteiger partial charge in [-0.05, 0) is 12.8 Å². The predicted molar refractivity (Wildman–Crippen MR) is 108 cm³/mol. The first-order valence-corrected chi connectivity index (χ1v) is 12.2. The van der Waals surface area contributed by atoms with Crippen molar-refractivity contribution in [2.75, 3.05) is 6.61 Å². The maximum atomic E-state index is 10.5. The molecule has 0 heterocycles. The number of rotatable bonds is 19. The number of phosphoric acid groups is 1. The van der Waals surface area contributed by atoms with Crippen molar-refractivity contribution in [3.63, 3.8) is 0 Å². The van der Waals surface area contributed by atoms with Crippen molar-refractivity contribution >= 4 is 7.82 Å². The topological polar surface area (TPSA) is 117 Å². The summed E-state index contributed by atoms with van der Waals surface area (Å²) in [5.74, 6) is 0. The van der Waals surface area contributed by atoms with E-state index in [2.05, 4.69) is 17.2 Å². The van der Waals surface area contributed by atoms with Crippen molar-refractivity contribution in [3.05, 3.63) is 12.2 Å². The molecule has 0 rings (SSSR count). The van der Waals surface area contributed by atoms with Crippen LogP contribution in [-0.4, -0.2) is 28.8 Å². The number of hydrogen-bond acceptors (Lipinski definition) is 4. The molecule has 1 unspecified atom stereocenters. The van der Waals surface area contributed by atoms with Gasteiger partial charge < -0.3 is 25.2 Å². The fraction of sp³-hybridized carbons (Fsp3) is 0.900. The van der Waals surface area contributed by atoms with Crippen LogP contribution in [0.15, 0.2) is 12.2 Å². The molecule has 162 valence electrons. The molecule has 0 bridgehead atoms. The van der Waals surface area contributed by atoms with Gasteiger partial charge in [-0.25, -0.2) is 0 Å². The lowest BCUT2D eigenvalue weighted by molar-refractivity contribution is -0.438. The highest BCUT2D eigenvalue weighted by Gasteiger charge is 2.17. The van der Waals surface area contributed by atoms with Crippen LogP contribution in [0.25, 0.3) is 0 Å². The van der Waals surface area contributed by atoms with E-state index in [4.69, 9.17) is 4.89 Å². The van der Waals surface area contributed by atoms with E-state index in [0.29, 0.717) is 0 Å². The Hall–Kier alpha value is -0.230. The van der Waals surface area contributed by atoms with Crippen LogP contribution in [-0.2, 0) is 9.09 Å². The van der Waals surface area contributed by atoms with Crippen LogP contribution < -0.4 is 10.6 Å². The number of unbranched alkanes of at least 4 members (excludes halogenated alkanes) is 13. The summed E-state index contributed by atoms with van der Waals surface area (Å²) in [7, 11) is -4.75. The Morgan fingerprint density at radius 2 is 1.41 bits per heavy atom. The molecule has 0 saturated carbocycles. The molecule has 0 aromatic heterocycles. The summed E-state index contributed by atoms with van der Waals surface area (Å²) < 4.78 is 14.7. The van der Waals surface area contributed by atoms with Gasteiger partial charge in [-0.2, -0.15) is 0 Å². The fourth-order valence-electron chi connectivity index (χ4n) is 2.96. The molecule has 0 aromatic rings. The van der Waals surface area contributed by atoms with Crippen LogP contribution in [0, 0.1) is 0 Å².